The lowest BCUT2D eigenvalue weighted by atomic mass is 9.80. The van der Waals surface area contributed by atoms with Crippen molar-refractivity contribution in [3.05, 3.63) is 0 Å². The van der Waals surface area contributed by atoms with Crippen LogP contribution in [0.1, 0.15) is 64.2 Å². The van der Waals surface area contributed by atoms with Crippen LogP contribution in [0.4, 0.5) is 4.39 Å². The number of nitrogens with one attached hydrogen (secondary N) is 3. The fourth-order valence-corrected chi connectivity index (χ4v) is 4.88. The minimum atomic E-state index is -0.573. The Kier molecular flexibility index (Phi) is 5.58. The maximum atomic E-state index is 13.6. The van der Waals surface area contributed by atoms with Crippen LogP contribution < -0.4 is 16.1 Å². The van der Waals surface area contributed by atoms with E-state index in [1.807, 2.05) is 0 Å². The highest BCUT2D eigenvalue weighted by atomic mass is 19.1. The third-order valence-corrected chi connectivity index (χ3v) is 6.50. The third-order valence-electron chi connectivity index (χ3n) is 6.50. The van der Waals surface area contributed by atoms with Gasteiger partial charge < -0.3 is 5.32 Å². The van der Waals surface area contributed by atoms with Crippen LogP contribution in [0.25, 0.3) is 0 Å². The predicted octanol–water partition coefficient (Wildman–Crippen LogP) is 2.09. The lowest BCUT2D eigenvalue weighted by molar-refractivity contribution is -0.124. The molecule has 4 aliphatic rings. The van der Waals surface area contributed by atoms with E-state index in [9.17, 15) is 9.18 Å². The SMILES string of the molecule is O=C(NC1CCC(CC2CCCC(F)C2)CN1)C1CCN(C2CC2)N1. The molecule has 2 saturated carbocycles. The number of alkyl halides is 1. The van der Waals surface area contributed by atoms with Gasteiger partial charge in [-0.05, 0) is 69.7 Å². The monoisotopic (exact) mass is 352 g/mol. The van der Waals surface area contributed by atoms with E-state index in [4.69, 9.17) is 0 Å². The van der Waals surface area contributed by atoms with Crippen LogP contribution in [-0.4, -0.2) is 48.4 Å². The molecule has 2 saturated heterocycles. The number of carbonyl (C=O) groups excluding carboxylic acids is 1. The minimum absolute atomic E-state index is 0.0659. The molecular weight excluding hydrogens is 319 g/mol. The molecule has 0 aromatic heterocycles. The molecule has 0 bridgehead atoms. The molecule has 142 valence electrons. The zero-order valence-electron chi connectivity index (χ0n) is 15.2. The highest BCUT2D eigenvalue weighted by molar-refractivity contribution is 5.82. The lowest BCUT2D eigenvalue weighted by Gasteiger charge is -2.34. The Hall–Kier alpha value is -0.720. The number of carbonyl (C=O) groups is 1. The van der Waals surface area contributed by atoms with Crippen molar-refractivity contribution in [3.8, 4) is 0 Å². The van der Waals surface area contributed by atoms with Crippen molar-refractivity contribution >= 4 is 5.91 Å². The first-order valence-electron chi connectivity index (χ1n) is 10.4. The fourth-order valence-electron chi connectivity index (χ4n) is 4.88. The lowest BCUT2D eigenvalue weighted by Crippen LogP contribution is -2.55. The number of rotatable bonds is 5. The standard InChI is InChI=1S/C19H33FN4O/c20-15-3-1-2-13(11-15)10-14-4-7-18(21-12-14)22-19(25)17-8-9-24(23-17)16-5-6-16/h13-18,21,23H,1-12H2,(H,22,25). The number of halogens is 1. The molecule has 2 aliphatic carbocycles. The van der Waals surface area contributed by atoms with Gasteiger partial charge in [0.2, 0.25) is 5.91 Å². The van der Waals surface area contributed by atoms with Crippen LogP contribution in [0, 0.1) is 11.8 Å². The van der Waals surface area contributed by atoms with E-state index in [1.165, 1.54) is 19.3 Å². The summed E-state index contributed by atoms with van der Waals surface area (Å²) in [6.45, 7) is 1.94. The summed E-state index contributed by atoms with van der Waals surface area (Å²) in [5.74, 6) is 1.34. The molecule has 5 atom stereocenters. The van der Waals surface area contributed by atoms with Crippen LogP contribution in [0.5, 0.6) is 0 Å². The van der Waals surface area contributed by atoms with Gasteiger partial charge in [0.15, 0.2) is 0 Å². The molecule has 5 unspecified atom stereocenters. The first-order chi connectivity index (χ1) is 12.2. The third kappa shape index (κ3) is 4.72. The predicted molar refractivity (Wildman–Crippen MR) is 95.4 cm³/mol. The molecule has 5 nitrogen and oxygen atoms in total. The van der Waals surface area contributed by atoms with E-state index in [1.54, 1.807) is 0 Å². The van der Waals surface area contributed by atoms with Gasteiger partial charge in [-0.1, -0.05) is 12.8 Å². The Balaban J connectivity index is 1.15. The van der Waals surface area contributed by atoms with Gasteiger partial charge in [0.1, 0.15) is 12.2 Å². The number of hydrogen-bond donors (Lipinski definition) is 3. The first-order valence-corrected chi connectivity index (χ1v) is 10.4. The molecule has 0 spiro atoms. The van der Waals surface area contributed by atoms with E-state index in [2.05, 4.69) is 21.1 Å². The number of piperidine rings is 1. The van der Waals surface area contributed by atoms with Crippen LogP contribution >= 0.6 is 0 Å². The first kappa shape index (κ1) is 17.7. The van der Waals surface area contributed by atoms with Crippen LogP contribution in [-0.2, 0) is 4.79 Å². The van der Waals surface area contributed by atoms with Crippen molar-refractivity contribution in [2.45, 2.75) is 88.6 Å². The van der Waals surface area contributed by atoms with Gasteiger partial charge in [-0.25, -0.2) is 14.8 Å². The second-order valence-corrected chi connectivity index (χ2v) is 8.67. The Bertz CT molecular complexity index is 464. The molecule has 4 fully saturated rings. The van der Waals surface area contributed by atoms with Crippen molar-refractivity contribution in [3.63, 3.8) is 0 Å². The smallest absolute Gasteiger partial charge is 0.239 e. The summed E-state index contributed by atoms with van der Waals surface area (Å²) in [5, 5.41) is 8.92. The molecule has 0 aromatic carbocycles. The Morgan fingerprint density at radius 2 is 1.96 bits per heavy atom. The van der Waals surface area contributed by atoms with Gasteiger partial charge in [0.05, 0.1) is 6.17 Å². The fraction of sp³-hybridized carbons (Fsp3) is 0.947. The second kappa shape index (κ2) is 7.89. The maximum absolute atomic E-state index is 13.6. The van der Waals surface area contributed by atoms with Crippen molar-refractivity contribution in [1.82, 2.24) is 21.1 Å². The molecule has 25 heavy (non-hydrogen) atoms. The van der Waals surface area contributed by atoms with Gasteiger partial charge in [-0.15, -0.1) is 0 Å². The number of amides is 1. The van der Waals surface area contributed by atoms with Gasteiger partial charge in [-0.3, -0.25) is 10.1 Å². The van der Waals surface area contributed by atoms with Crippen LogP contribution in [0.3, 0.4) is 0 Å². The molecule has 1 amide bonds. The van der Waals surface area contributed by atoms with E-state index in [0.29, 0.717) is 17.9 Å². The van der Waals surface area contributed by atoms with Crippen molar-refractivity contribution < 1.29 is 9.18 Å². The summed E-state index contributed by atoms with van der Waals surface area (Å²) in [7, 11) is 0. The molecule has 0 aromatic rings. The molecule has 2 heterocycles. The maximum Gasteiger partial charge on any atom is 0.239 e. The zero-order valence-corrected chi connectivity index (χ0v) is 15.2. The number of hydrazine groups is 1. The Morgan fingerprint density at radius 1 is 1.08 bits per heavy atom. The highest BCUT2D eigenvalue weighted by Crippen LogP contribution is 2.33. The summed E-state index contributed by atoms with van der Waals surface area (Å²) in [6.07, 6.45) is 10.0. The summed E-state index contributed by atoms with van der Waals surface area (Å²) in [6, 6.07) is 0.596. The van der Waals surface area contributed by atoms with Gasteiger partial charge in [0.25, 0.3) is 0 Å². The Morgan fingerprint density at radius 3 is 2.68 bits per heavy atom. The second-order valence-electron chi connectivity index (χ2n) is 8.67. The molecule has 3 N–H and O–H groups in total. The molecule has 0 radical (unpaired) electrons. The van der Waals surface area contributed by atoms with Crippen molar-refractivity contribution in [2.24, 2.45) is 11.8 Å². The van der Waals surface area contributed by atoms with Gasteiger partial charge >= 0.3 is 0 Å². The van der Waals surface area contributed by atoms with E-state index in [-0.39, 0.29) is 18.1 Å². The quantitative estimate of drug-likeness (QED) is 0.709. The normalized spacial score (nSPS) is 40.1. The summed E-state index contributed by atoms with van der Waals surface area (Å²) < 4.78 is 13.6. The van der Waals surface area contributed by atoms with Crippen LogP contribution in [0.2, 0.25) is 0 Å². The summed E-state index contributed by atoms with van der Waals surface area (Å²) in [4.78, 5) is 12.5. The topological polar surface area (TPSA) is 56.4 Å². The number of nitrogens with zero attached hydrogens (tertiary/aromatic N) is 1. The van der Waals surface area contributed by atoms with Crippen molar-refractivity contribution in [2.75, 3.05) is 13.1 Å². The number of hydrogen-bond acceptors (Lipinski definition) is 4. The Labute approximate surface area is 150 Å². The summed E-state index contributed by atoms with van der Waals surface area (Å²) in [5.41, 5.74) is 3.37. The molecule has 6 heteroatoms. The summed E-state index contributed by atoms with van der Waals surface area (Å²) >= 11 is 0. The van der Waals surface area contributed by atoms with Crippen LogP contribution in [0.15, 0.2) is 0 Å². The largest absolute Gasteiger partial charge is 0.339 e. The highest BCUT2D eigenvalue weighted by Gasteiger charge is 2.37. The average Bonchev–Trinajstić information content (AvgIpc) is 3.33. The molecular formula is C19H33FN4O. The van der Waals surface area contributed by atoms with E-state index < -0.39 is 6.17 Å². The van der Waals surface area contributed by atoms with E-state index in [0.717, 1.165) is 58.0 Å². The minimum Gasteiger partial charge on any atom is -0.339 e. The average molecular weight is 352 g/mol. The molecule has 4 rings (SSSR count). The van der Waals surface area contributed by atoms with Gasteiger partial charge in [-0.2, -0.15) is 0 Å². The van der Waals surface area contributed by atoms with Gasteiger partial charge in [0, 0.05) is 12.6 Å². The van der Waals surface area contributed by atoms with E-state index >= 15 is 0 Å². The zero-order chi connectivity index (χ0) is 17.2. The molecule has 2 aliphatic heterocycles. The van der Waals surface area contributed by atoms with Crippen molar-refractivity contribution in [1.29, 1.82) is 0 Å².